The van der Waals surface area contributed by atoms with Crippen molar-refractivity contribution in [3.05, 3.63) is 85.1 Å². The Balaban J connectivity index is 5.33. The lowest BCUT2D eigenvalue weighted by Crippen LogP contribution is -2.30. The highest BCUT2D eigenvalue weighted by Gasteiger charge is 2.30. The van der Waals surface area contributed by atoms with E-state index < -0.39 is 97.5 Å². The topological polar surface area (TPSA) is 237 Å². The number of carbonyl (C=O) groups excluding carboxylic acids is 4. The molecule has 0 aliphatic carbocycles. The van der Waals surface area contributed by atoms with Crippen molar-refractivity contribution >= 4 is 39.5 Å². The Labute approximate surface area is 646 Å². The molecule has 0 heterocycles. The second-order valence-corrected chi connectivity index (χ2v) is 31.7. The van der Waals surface area contributed by atoms with Crippen LogP contribution < -0.4 is 0 Å². The first kappa shape index (κ1) is 102. The van der Waals surface area contributed by atoms with Crippen LogP contribution >= 0.6 is 15.6 Å². The molecule has 0 aliphatic rings. The zero-order chi connectivity index (χ0) is 77.4. The minimum Gasteiger partial charge on any atom is -0.462 e. The molecule has 0 fully saturated rings. The van der Waals surface area contributed by atoms with E-state index in [0.29, 0.717) is 25.7 Å². The lowest BCUT2D eigenvalue weighted by atomic mass is 10.0. The molecule has 0 amide bonds. The molecule has 0 aliphatic heterocycles. The van der Waals surface area contributed by atoms with Gasteiger partial charge < -0.3 is 33.8 Å². The van der Waals surface area contributed by atoms with Gasteiger partial charge in [-0.05, 0) is 103 Å². The Bertz CT molecular complexity index is 2330. The molecule has 0 bridgehead atoms. The highest BCUT2D eigenvalue weighted by Crippen LogP contribution is 2.45. The molecule has 17 nitrogen and oxygen atoms in total. The van der Waals surface area contributed by atoms with Crippen LogP contribution in [-0.2, 0) is 65.4 Å². The van der Waals surface area contributed by atoms with Crippen molar-refractivity contribution in [1.29, 1.82) is 0 Å². The monoisotopic (exact) mass is 1540 g/mol. The predicted octanol–water partition coefficient (Wildman–Crippen LogP) is 25.3. The number of aliphatic hydroxyl groups excluding tert-OH is 1. The fraction of sp³-hybridized carbons (Fsp3) is 0.793. The van der Waals surface area contributed by atoms with Crippen molar-refractivity contribution in [1.82, 2.24) is 0 Å². The first-order valence-corrected chi connectivity index (χ1v) is 45.8. The molecule has 0 spiro atoms. The Morgan fingerprint density at radius 3 is 0.774 bits per heavy atom. The normalized spacial score (nSPS) is 14.2. The van der Waals surface area contributed by atoms with Gasteiger partial charge in [-0.15, -0.1) is 0 Å². The summed E-state index contributed by atoms with van der Waals surface area (Å²) in [6.07, 6.45) is 83.9. The summed E-state index contributed by atoms with van der Waals surface area (Å²) in [5.74, 6) is -2.17. The van der Waals surface area contributed by atoms with Gasteiger partial charge in [0.05, 0.1) is 26.4 Å². The van der Waals surface area contributed by atoms with Crippen LogP contribution in [-0.4, -0.2) is 96.7 Å². The molecule has 5 atom stereocenters. The maximum absolute atomic E-state index is 13.1. The zero-order valence-electron chi connectivity index (χ0n) is 67.6. The number of allylic oxidation sites excluding steroid dienone is 14. The Hall–Kier alpha value is -3.76. The second kappa shape index (κ2) is 79.3. The van der Waals surface area contributed by atoms with Crippen LogP contribution in [0.25, 0.3) is 0 Å². The highest BCUT2D eigenvalue weighted by atomic mass is 31.2. The summed E-state index contributed by atoms with van der Waals surface area (Å²) in [6.45, 7) is 4.80. The quantitative estimate of drug-likeness (QED) is 0.0169. The van der Waals surface area contributed by atoms with Gasteiger partial charge in [-0.1, -0.05) is 344 Å². The van der Waals surface area contributed by atoms with Crippen LogP contribution in [0.5, 0.6) is 0 Å². The van der Waals surface area contributed by atoms with E-state index in [1.54, 1.807) is 0 Å². The molecule has 3 N–H and O–H groups in total. The van der Waals surface area contributed by atoms with Crippen molar-refractivity contribution in [3.63, 3.8) is 0 Å². The fourth-order valence-corrected chi connectivity index (χ4v) is 13.4. The van der Waals surface area contributed by atoms with Gasteiger partial charge in [0, 0.05) is 25.7 Å². The van der Waals surface area contributed by atoms with E-state index in [1.807, 2.05) is 0 Å². The van der Waals surface area contributed by atoms with Gasteiger partial charge in [0.25, 0.3) is 0 Å². The van der Waals surface area contributed by atoms with Crippen LogP contribution in [0.2, 0.25) is 0 Å². The number of aliphatic hydroxyl groups is 1. The average molecular weight is 1540 g/mol. The van der Waals surface area contributed by atoms with Gasteiger partial charge in [-0.2, -0.15) is 0 Å². The third-order valence-electron chi connectivity index (χ3n) is 18.4. The van der Waals surface area contributed by atoms with E-state index in [9.17, 15) is 43.2 Å². The second-order valence-electron chi connectivity index (χ2n) is 28.8. The molecule has 0 rings (SSSR count). The summed E-state index contributed by atoms with van der Waals surface area (Å²) in [7, 11) is -9.96. The summed E-state index contributed by atoms with van der Waals surface area (Å²) in [6, 6.07) is 0. The van der Waals surface area contributed by atoms with Crippen LogP contribution in [0, 0.1) is 0 Å². The van der Waals surface area contributed by atoms with E-state index in [1.165, 1.54) is 135 Å². The van der Waals surface area contributed by atoms with Crippen LogP contribution in [0.4, 0.5) is 0 Å². The highest BCUT2D eigenvalue weighted by molar-refractivity contribution is 7.47. The van der Waals surface area contributed by atoms with Crippen LogP contribution in [0.1, 0.15) is 387 Å². The molecule has 106 heavy (non-hydrogen) atoms. The summed E-state index contributed by atoms with van der Waals surface area (Å²) in [5.41, 5.74) is 0. The first-order valence-electron chi connectivity index (χ1n) is 42.8. The van der Waals surface area contributed by atoms with Crippen LogP contribution in [0.15, 0.2) is 85.1 Å². The molecule has 5 unspecified atom stereocenters. The number of rotatable bonds is 81. The third kappa shape index (κ3) is 78.4. The maximum Gasteiger partial charge on any atom is 0.472 e. The van der Waals surface area contributed by atoms with Gasteiger partial charge in [0.2, 0.25) is 0 Å². The van der Waals surface area contributed by atoms with Crippen molar-refractivity contribution in [2.24, 2.45) is 0 Å². The molecular weight excluding hydrogens is 1380 g/mol. The summed E-state index contributed by atoms with van der Waals surface area (Å²) >= 11 is 0. The molecule has 0 aromatic carbocycles. The Morgan fingerprint density at radius 1 is 0.274 bits per heavy atom. The Morgan fingerprint density at radius 2 is 0.491 bits per heavy atom. The van der Waals surface area contributed by atoms with Crippen molar-refractivity contribution in [2.75, 3.05) is 39.6 Å². The van der Waals surface area contributed by atoms with E-state index in [4.69, 9.17) is 37.0 Å². The van der Waals surface area contributed by atoms with Crippen molar-refractivity contribution in [3.8, 4) is 0 Å². The largest absolute Gasteiger partial charge is 0.472 e. The van der Waals surface area contributed by atoms with E-state index in [-0.39, 0.29) is 25.7 Å². The predicted molar refractivity (Wildman–Crippen MR) is 436 cm³/mol. The van der Waals surface area contributed by atoms with Crippen LogP contribution in [0.3, 0.4) is 0 Å². The summed E-state index contributed by atoms with van der Waals surface area (Å²) in [4.78, 5) is 73.2. The number of unbranched alkanes of at least 4 members (excludes halogenated alkanes) is 41. The maximum atomic E-state index is 13.1. The molecule has 19 heteroatoms. The van der Waals surface area contributed by atoms with Gasteiger partial charge in [-0.25, -0.2) is 9.13 Å². The molecule has 0 aromatic rings. The fourth-order valence-electron chi connectivity index (χ4n) is 11.9. The lowest BCUT2D eigenvalue weighted by Gasteiger charge is -2.21. The van der Waals surface area contributed by atoms with Gasteiger partial charge in [-0.3, -0.25) is 37.3 Å². The van der Waals surface area contributed by atoms with Gasteiger partial charge in [0.1, 0.15) is 19.3 Å². The first-order chi connectivity index (χ1) is 51.7. The molecule has 616 valence electrons. The number of hydrogen-bond donors (Lipinski definition) is 3. The minimum atomic E-state index is -4.98. The Kier molecular flexibility index (Phi) is 76.5. The average Bonchev–Trinajstić information content (AvgIpc) is 0.933. The number of esters is 4. The van der Waals surface area contributed by atoms with E-state index in [2.05, 4.69) is 113 Å². The molecule has 0 saturated heterocycles. The molecular formula is C87H156O17P2. The molecule has 0 saturated carbocycles. The number of phosphoric ester groups is 2. The van der Waals surface area contributed by atoms with E-state index in [0.717, 1.165) is 173 Å². The minimum absolute atomic E-state index is 0.0967. The summed E-state index contributed by atoms with van der Waals surface area (Å²) < 4.78 is 68.8. The number of hydrogen-bond acceptors (Lipinski definition) is 15. The third-order valence-corrected chi connectivity index (χ3v) is 20.3. The van der Waals surface area contributed by atoms with Gasteiger partial charge >= 0.3 is 39.5 Å². The van der Waals surface area contributed by atoms with E-state index >= 15 is 0 Å². The summed E-state index contributed by atoms with van der Waals surface area (Å²) in [5, 5.41) is 10.7. The SMILES string of the molecule is CC/C=C\C/C=C\C/C=C\C/C=C\CCCCCCCCC(=O)OCC(COP(=O)(O)OCC(O)COP(=O)(O)OCC(COC(=O)CCCCCCCC/C=C\C/C=C\C/C=C\CCCCC)OC(=O)CCCCCCCCCCCCCCC)OC(=O)CCCCCCCCCCCCCCCCC. The van der Waals surface area contributed by atoms with Crippen molar-refractivity contribution < 1.29 is 80.2 Å². The van der Waals surface area contributed by atoms with Crippen molar-refractivity contribution in [2.45, 2.75) is 406 Å². The molecule has 0 radical (unpaired) electrons. The smallest absolute Gasteiger partial charge is 0.462 e. The lowest BCUT2D eigenvalue weighted by molar-refractivity contribution is -0.161. The number of ether oxygens (including phenoxy) is 4. The standard InChI is InChI=1S/C87H156O17P2/c1-5-9-13-17-21-25-29-33-36-38-40-42-45-48-51-55-59-63-67-71-84(89)97-77-82(103-86(91)73-69-65-61-57-53-47-32-28-24-20-16-12-8-4)79-101-105(93,94)99-75-81(88)76-100-106(95,96)102-80-83(104-87(92)74-70-66-62-58-54-50-44-35-31-27-23-19-15-11-7-3)78-98-85(90)72-68-64-60-56-52-49-46-43-41-39-37-34-30-26-22-18-14-10-6-2/h10,14,21-22,25-26,33-34,36-37,40-43,81-83,88H,5-9,11-13,15-20,23-24,27-32,35,38-39,44-80H2,1-4H3,(H,93,94)(H,95,96)/b14-10-,25-21-,26-22-,36-33-,37-34-,42-40-,43-41-. The molecule has 0 aromatic heterocycles. The number of phosphoric acid groups is 2. The van der Waals surface area contributed by atoms with Gasteiger partial charge in [0.15, 0.2) is 12.2 Å². The number of carbonyl (C=O) groups is 4. The zero-order valence-corrected chi connectivity index (χ0v) is 69.4.